The molecule has 0 aliphatic heterocycles. The first-order valence-corrected chi connectivity index (χ1v) is 8.16. The molecule has 160 valence electrons. The Hall–Kier alpha value is -3.83. The van der Waals surface area contributed by atoms with Gasteiger partial charge in [-0.1, -0.05) is 0 Å². The summed E-state index contributed by atoms with van der Waals surface area (Å²) < 4.78 is 53.7. The maximum absolute atomic E-state index is 12.8. The fourth-order valence-corrected chi connectivity index (χ4v) is 2.35. The van der Waals surface area contributed by atoms with E-state index < -0.39 is 28.3 Å². The highest BCUT2D eigenvalue weighted by atomic mass is 19.4. The van der Waals surface area contributed by atoms with Crippen LogP contribution in [0.5, 0.6) is 17.2 Å². The van der Waals surface area contributed by atoms with Crippen LogP contribution in [0.15, 0.2) is 35.4 Å². The highest BCUT2D eigenvalue weighted by Gasteiger charge is 2.33. The zero-order valence-electron chi connectivity index (χ0n) is 15.9. The van der Waals surface area contributed by atoms with Gasteiger partial charge >= 0.3 is 12.1 Å². The molecule has 30 heavy (non-hydrogen) atoms. The van der Waals surface area contributed by atoms with Gasteiger partial charge in [-0.15, -0.1) is 0 Å². The standard InChI is InChI=1S/C18H16F3N3O6/c1-10(25)30-17-15(28-2)6-11(7-16(17)29-3)9-22-23-13-5-4-12(18(19,20)21)8-14(13)24(26)27/h4-9,23H,1-3H3/b22-9-. The number of anilines is 1. The van der Waals surface area contributed by atoms with E-state index in [1.807, 2.05) is 0 Å². The Kier molecular flexibility index (Phi) is 6.82. The molecule has 0 bridgehead atoms. The zero-order valence-corrected chi connectivity index (χ0v) is 15.9. The molecule has 0 spiro atoms. The normalized spacial score (nSPS) is 11.3. The molecule has 9 nitrogen and oxygen atoms in total. The fourth-order valence-electron chi connectivity index (χ4n) is 2.35. The molecule has 0 aliphatic rings. The van der Waals surface area contributed by atoms with Crippen molar-refractivity contribution in [1.82, 2.24) is 0 Å². The van der Waals surface area contributed by atoms with Crippen LogP contribution in [0.25, 0.3) is 0 Å². The smallest absolute Gasteiger partial charge is 0.416 e. The lowest BCUT2D eigenvalue weighted by molar-refractivity contribution is -0.384. The van der Waals surface area contributed by atoms with Crippen LogP contribution in [-0.2, 0) is 11.0 Å². The summed E-state index contributed by atoms with van der Waals surface area (Å²) in [6.07, 6.45) is -3.49. The number of hydrogen-bond donors (Lipinski definition) is 1. The van der Waals surface area contributed by atoms with E-state index in [4.69, 9.17) is 14.2 Å². The number of nitrogens with one attached hydrogen (secondary N) is 1. The van der Waals surface area contributed by atoms with E-state index >= 15 is 0 Å². The van der Waals surface area contributed by atoms with Crippen molar-refractivity contribution >= 4 is 23.6 Å². The van der Waals surface area contributed by atoms with Gasteiger partial charge < -0.3 is 14.2 Å². The maximum Gasteiger partial charge on any atom is 0.416 e. The van der Waals surface area contributed by atoms with Gasteiger partial charge in [0.25, 0.3) is 5.69 Å². The SMILES string of the molecule is COc1cc(/C=N\Nc2ccc(C(F)(F)F)cc2[N+](=O)[O-])cc(OC)c1OC(C)=O. The number of rotatable bonds is 7. The summed E-state index contributed by atoms with van der Waals surface area (Å²) in [5.74, 6) is -0.224. The van der Waals surface area contributed by atoms with Crippen molar-refractivity contribution in [3.8, 4) is 17.2 Å². The van der Waals surface area contributed by atoms with Gasteiger partial charge in [-0.2, -0.15) is 18.3 Å². The molecular weight excluding hydrogens is 411 g/mol. The summed E-state index contributed by atoms with van der Waals surface area (Å²) in [5, 5.41) is 14.9. The van der Waals surface area contributed by atoms with Crippen molar-refractivity contribution in [2.24, 2.45) is 5.10 Å². The summed E-state index contributed by atoms with van der Waals surface area (Å²) >= 11 is 0. The van der Waals surface area contributed by atoms with Gasteiger partial charge in [0, 0.05) is 18.6 Å². The summed E-state index contributed by atoms with van der Waals surface area (Å²) in [7, 11) is 2.68. The van der Waals surface area contributed by atoms with Gasteiger partial charge in [-0.3, -0.25) is 20.3 Å². The van der Waals surface area contributed by atoms with E-state index in [0.717, 1.165) is 6.07 Å². The summed E-state index contributed by atoms with van der Waals surface area (Å²) in [6, 6.07) is 4.92. The van der Waals surface area contributed by atoms with Crippen LogP contribution in [0.2, 0.25) is 0 Å². The minimum atomic E-state index is -4.72. The molecule has 0 saturated carbocycles. The predicted octanol–water partition coefficient (Wildman–Crippen LogP) is 4.00. The molecule has 2 rings (SSSR count). The fraction of sp³-hybridized carbons (Fsp3) is 0.222. The molecule has 0 aromatic heterocycles. The molecular formula is C18H16F3N3O6. The van der Waals surface area contributed by atoms with Gasteiger partial charge in [0.15, 0.2) is 11.5 Å². The summed E-state index contributed by atoms with van der Waals surface area (Å²) in [4.78, 5) is 21.4. The van der Waals surface area contributed by atoms with Gasteiger partial charge in [-0.25, -0.2) is 0 Å². The largest absolute Gasteiger partial charge is 0.493 e. The predicted molar refractivity (Wildman–Crippen MR) is 100 cm³/mol. The number of benzene rings is 2. The number of nitro benzene ring substituents is 1. The minimum absolute atomic E-state index is 0.0518. The summed E-state index contributed by atoms with van der Waals surface area (Å²) in [5.41, 5.74) is 0.548. The Balaban J connectivity index is 2.33. The number of alkyl halides is 3. The van der Waals surface area contributed by atoms with Crippen LogP contribution >= 0.6 is 0 Å². The van der Waals surface area contributed by atoms with Crippen molar-refractivity contribution in [2.75, 3.05) is 19.6 Å². The second-order valence-electron chi connectivity index (χ2n) is 5.70. The Morgan fingerprint density at radius 3 is 2.23 bits per heavy atom. The lowest BCUT2D eigenvalue weighted by Crippen LogP contribution is -2.07. The molecule has 1 N–H and O–H groups in total. The van der Waals surface area contributed by atoms with Crippen molar-refractivity contribution in [2.45, 2.75) is 13.1 Å². The number of methoxy groups -OCH3 is 2. The third-order valence-corrected chi connectivity index (χ3v) is 3.65. The molecule has 0 amide bonds. The van der Waals surface area contributed by atoms with E-state index in [1.165, 1.54) is 39.5 Å². The first-order chi connectivity index (χ1) is 14.1. The second-order valence-corrected chi connectivity index (χ2v) is 5.70. The molecule has 0 radical (unpaired) electrons. The van der Waals surface area contributed by atoms with Crippen LogP contribution in [0.4, 0.5) is 24.5 Å². The number of hydrazone groups is 1. The topological polar surface area (TPSA) is 112 Å². The van der Waals surface area contributed by atoms with E-state index in [-0.39, 0.29) is 22.9 Å². The first kappa shape index (κ1) is 22.5. The molecule has 2 aromatic carbocycles. The minimum Gasteiger partial charge on any atom is -0.493 e. The molecule has 0 heterocycles. The average molecular weight is 427 g/mol. The van der Waals surface area contributed by atoms with Gasteiger partial charge in [-0.05, 0) is 24.3 Å². The molecule has 0 unspecified atom stereocenters. The number of esters is 1. The average Bonchev–Trinajstić information content (AvgIpc) is 2.67. The third kappa shape index (κ3) is 5.37. The van der Waals surface area contributed by atoms with Crippen LogP contribution in [0.3, 0.4) is 0 Å². The van der Waals surface area contributed by atoms with Gasteiger partial charge in [0.2, 0.25) is 5.75 Å². The van der Waals surface area contributed by atoms with E-state index in [1.54, 1.807) is 0 Å². The summed E-state index contributed by atoms with van der Waals surface area (Å²) in [6.45, 7) is 1.20. The second kappa shape index (κ2) is 9.11. The van der Waals surface area contributed by atoms with Crippen LogP contribution in [-0.4, -0.2) is 31.3 Å². The Morgan fingerprint density at radius 1 is 1.17 bits per heavy atom. The molecule has 0 saturated heterocycles. The molecule has 0 aliphatic carbocycles. The monoisotopic (exact) mass is 427 g/mol. The maximum atomic E-state index is 12.8. The first-order valence-electron chi connectivity index (χ1n) is 8.16. The molecule has 12 heteroatoms. The van der Waals surface area contributed by atoms with Crippen LogP contribution in [0.1, 0.15) is 18.1 Å². The zero-order chi connectivity index (χ0) is 22.5. The van der Waals surface area contributed by atoms with Crippen molar-refractivity contribution in [3.05, 3.63) is 51.6 Å². The number of carbonyl (C=O) groups excluding carboxylic acids is 1. The van der Waals surface area contributed by atoms with E-state index in [0.29, 0.717) is 17.7 Å². The number of ether oxygens (including phenoxy) is 3. The van der Waals surface area contributed by atoms with E-state index in [2.05, 4.69) is 10.5 Å². The van der Waals surface area contributed by atoms with Crippen LogP contribution in [0, 0.1) is 10.1 Å². The van der Waals surface area contributed by atoms with Crippen molar-refractivity contribution in [1.29, 1.82) is 0 Å². The quantitative estimate of drug-likeness (QED) is 0.234. The van der Waals surface area contributed by atoms with Crippen molar-refractivity contribution < 1.29 is 37.1 Å². The molecule has 0 atom stereocenters. The van der Waals surface area contributed by atoms with Gasteiger partial charge in [0.1, 0.15) is 5.69 Å². The Morgan fingerprint density at radius 2 is 1.77 bits per heavy atom. The Labute approximate surface area is 168 Å². The number of nitro groups is 1. The van der Waals surface area contributed by atoms with Crippen LogP contribution < -0.4 is 19.6 Å². The third-order valence-electron chi connectivity index (χ3n) is 3.65. The van der Waals surface area contributed by atoms with Crippen molar-refractivity contribution in [3.63, 3.8) is 0 Å². The lowest BCUT2D eigenvalue weighted by Gasteiger charge is -2.13. The number of carbonyl (C=O) groups is 1. The number of halogens is 3. The highest BCUT2D eigenvalue weighted by molar-refractivity contribution is 5.84. The molecule has 2 aromatic rings. The lowest BCUT2D eigenvalue weighted by atomic mass is 10.1. The number of nitrogens with zero attached hydrogens (tertiary/aromatic N) is 2. The Bertz CT molecular complexity index is 967. The highest BCUT2D eigenvalue weighted by Crippen LogP contribution is 2.38. The number of hydrogen-bond acceptors (Lipinski definition) is 8. The van der Waals surface area contributed by atoms with Gasteiger partial charge in [0.05, 0.1) is 30.9 Å². The molecule has 0 fully saturated rings. The van der Waals surface area contributed by atoms with E-state index in [9.17, 15) is 28.1 Å².